The van der Waals surface area contributed by atoms with Gasteiger partial charge in [0.1, 0.15) is 0 Å². The molecule has 0 bridgehead atoms. The standard InChI is InChI=1S/C19H35NO/c1-18(2,3)16-8-10-19(11-9-16,13-20-17-6-7-17)14-21-12-15-4-5-15/h15-17,20H,4-14H2,1-3H3. The van der Waals surface area contributed by atoms with Crippen molar-refractivity contribution in [2.45, 2.75) is 78.2 Å². The van der Waals surface area contributed by atoms with E-state index in [1.54, 1.807) is 0 Å². The summed E-state index contributed by atoms with van der Waals surface area (Å²) in [6, 6.07) is 0.825. The van der Waals surface area contributed by atoms with Crippen molar-refractivity contribution < 1.29 is 4.74 Å². The summed E-state index contributed by atoms with van der Waals surface area (Å²) in [5.41, 5.74) is 0.907. The van der Waals surface area contributed by atoms with Gasteiger partial charge in [0.25, 0.3) is 0 Å². The first-order chi connectivity index (χ1) is 9.97. The van der Waals surface area contributed by atoms with E-state index in [0.29, 0.717) is 10.8 Å². The van der Waals surface area contributed by atoms with Crippen molar-refractivity contribution >= 4 is 0 Å². The Labute approximate surface area is 131 Å². The molecule has 3 aliphatic rings. The Bertz CT molecular complexity index is 330. The lowest BCUT2D eigenvalue weighted by Gasteiger charge is -2.44. The normalized spacial score (nSPS) is 34.1. The molecule has 0 atom stereocenters. The zero-order valence-corrected chi connectivity index (χ0v) is 14.4. The van der Waals surface area contributed by atoms with Crippen LogP contribution in [-0.4, -0.2) is 25.8 Å². The SMILES string of the molecule is CC(C)(C)C1CCC(CNC2CC2)(COCC2CC2)CC1. The monoisotopic (exact) mass is 293 g/mol. The molecule has 0 aromatic heterocycles. The van der Waals surface area contributed by atoms with Crippen LogP contribution >= 0.6 is 0 Å². The second-order valence-corrected chi connectivity index (χ2v) is 9.25. The van der Waals surface area contributed by atoms with Crippen LogP contribution in [-0.2, 0) is 4.74 Å². The second kappa shape index (κ2) is 6.20. The smallest absolute Gasteiger partial charge is 0.0534 e. The number of hydrogen-bond donors (Lipinski definition) is 1. The largest absolute Gasteiger partial charge is 0.381 e. The molecule has 21 heavy (non-hydrogen) atoms. The first kappa shape index (κ1) is 15.8. The molecule has 1 N–H and O–H groups in total. The van der Waals surface area contributed by atoms with Gasteiger partial charge < -0.3 is 10.1 Å². The van der Waals surface area contributed by atoms with Crippen molar-refractivity contribution in [2.24, 2.45) is 22.7 Å². The molecule has 3 rings (SSSR count). The summed E-state index contributed by atoms with van der Waals surface area (Å²) in [6.45, 7) is 10.5. The second-order valence-electron chi connectivity index (χ2n) is 9.25. The summed E-state index contributed by atoms with van der Waals surface area (Å²) in [5.74, 6) is 1.79. The van der Waals surface area contributed by atoms with Crippen LogP contribution in [0.2, 0.25) is 0 Å². The maximum Gasteiger partial charge on any atom is 0.0534 e. The van der Waals surface area contributed by atoms with E-state index in [-0.39, 0.29) is 0 Å². The van der Waals surface area contributed by atoms with Gasteiger partial charge in [-0.2, -0.15) is 0 Å². The van der Waals surface area contributed by atoms with E-state index in [1.165, 1.54) is 57.9 Å². The molecule has 3 fully saturated rings. The van der Waals surface area contributed by atoms with E-state index in [0.717, 1.165) is 31.1 Å². The van der Waals surface area contributed by atoms with E-state index < -0.39 is 0 Å². The van der Waals surface area contributed by atoms with Gasteiger partial charge in [0.15, 0.2) is 0 Å². The first-order valence-electron chi connectivity index (χ1n) is 9.28. The maximum absolute atomic E-state index is 6.13. The van der Waals surface area contributed by atoms with Gasteiger partial charge in [-0.1, -0.05) is 20.8 Å². The van der Waals surface area contributed by atoms with Crippen LogP contribution < -0.4 is 5.32 Å². The molecule has 0 radical (unpaired) electrons. The Balaban J connectivity index is 1.51. The fourth-order valence-electron chi connectivity index (χ4n) is 3.84. The molecule has 0 unspecified atom stereocenters. The van der Waals surface area contributed by atoms with Gasteiger partial charge in [0.2, 0.25) is 0 Å². The van der Waals surface area contributed by atoms with E-state index in [2.05, 4.69) is 26.1 Å². The molecule has 0 heterocycles. The lowest BCUT2D eigenvalue weighted by Crippen LogP contribution is -2.43. The van der Waals surface area contributed by atoms with Gasteiger partial charge in [-0.25, -0.2) is 0 Å². The van der Waals surface area contributed by atoms with Gasteiger partial charge in [-0.05, 0) is 68.6 Å². The summed E-state index contributed by atoms with van der Waals surface area (Å²) in [5, 5.41) is 3.79. The van der Waals surface area contributed by atoms with Crippen LogP contribution in [0, 0.1) is 22.7 Å². The van der Waals surface area contributed by atoms with Crippen molar-refractivity contribution in [3.63, 3.8) is 0 Å². The van der Waals surface area contributed by atoms with E-state index in [1.807, 2.05) is 0 Å². The van der Waals surface area contributed by atoms with E-state index in [9.17, 15) is 0 Å². The van der Waals surface area contributed by atoms with Gasteiger partial charge in [-0.3, -0.25) is 0 Å². The molecule has 0 spiro atoms. The van der Waals surface area contributed by atoms with Gasteiger partial charge >= 0.3 is 0 Å². The Morgan fingerprint density at radius 2 is 1.67 bits per heavy atom. The lowest BCUT2D eigenvalue weighted by atomic mass is 9.64. The average molecular weight is 293 g/mol. The molecular formula is C19H35NO. The molecule has 0 aliphatic heterocycles. The molecular weight excluding hydrogens is 258 g/mol. The predicted molar refractivity (Wildman–Crippen MR) is 88.4 cm³/mol. The third-order valence-corrected chi connectivity index (χ3v) is 6.07. The highest BCUT2D eigenvalue weighted by Crippen LogP contribution is 2.45. The fraction of sp³-hybridized carbons (Fsp3) is 1.00. The molecule has 2 heteroatoms. The molecule has 0 aromatic rings. The minimum Gasteiger partial charge on any atom is -0.381 e. The third-order valence-electron chi connectivity index (χ3n) is 6.07. The van der Waals surface area contributed by atoms with Crippen LogP contribution in [0.3, 0.4) is 0 Å². The third kappa shape index (κ3) is 4.69. The van der Waals surface area contributed by atoms with E-state index >= 15 is 0 Å². The van der Waals surface area contributed by atoms with Crippen LogP contribution in [0.5, 0.6) is 0 Å². The molecule has 0 saturated heterocycles. The van der Waals surface area contributed by atoms with Gasteiger partial charge in [0.05, 0.1) is 6.61 Å². The minimum absolute atomic E-state index is 0.430. The van der Waals surface area contributed by atoms with Crippen LogP contribution in [0.25, 0.3) is 0 Å². The quantitative estimate of drug-likeness (QED) is 0.752. The highest BCUT2D eigenvalue weighted by atomic mass is 16.5. The number of hydrogen-bond acceptors (Lipinski definition) is 2. The van der Waals surface area contributed by atoms with Gasteiger partial charge in [-0.15, -0.1) is 0 Å². The summed E-state index contributed by atoms with van der Waals surface area (Å²) in [4.78, 5) is 0. The molecule has 0 aromatic carbocycles. The summed E-state index contributed by atoms with van der Waals surface area (Å²) in [6.07, 6.45) is 11.1. The summed E-state index contributed by atoms with van der Waals surface area (Å²) < 4.78 is 6.13. The Kier molecular flexibility index (Phi) is 4.66. The molecule has 0 amide bonds. The molecule has 2 nitrogen and oxygen atoms in total. The van der Waals surface area contributed by atoms with Crippen LogP contribution in [0.4, 0.5) is 0 Å². The van der Waals surface area contributed by atoms with Gasteiger partial charge in [0, 0.05) is 24.6 Å². The minimum atomic E-state index is 0.430. The predicted octanol–water partition coefficient (Wildman–Crippen LogP) is 4.39. The lowest BCUT2D eigenvalue weighted by molar-refractivity contribution is -0.00646. The summed E-state index contributed by atoms with van der Waals surface area (Å²) in [7, 11) is 0. The molecule has 122 valence electrons. The van der Waals surface area contributed by atoms with Crippen molar-refractivity contribution in [3.05, 3.63) is 0 Å². The van der Waals surface area contributed by atoms with Crippen molar-refractivity contribution in [3.8, 4) is 0 Å². The highest BCUT2D eigenvalue weighted by molar-refractivity contribution is 4.93. The van der Waals surface area contributed by atoms with Crippen LogP contribution in [0.1, 0.15) is 72.1 Å². The number of rotatable bonds is 7. The zero-order chi connectivity index (χ0) is 14.9. The van der Waals surface area contributed by atoms with Crippen molar-refractivity contribution in [1.29, 1.82) is 0 Å². The Morgan fingerprint density at radius 1 is 1.00 bits per heavy atom. The molecule has 3 aliphatic carbocycles. The van der Waals surface area contributed by atoms with E-state index in [4.69, 9.17) is 4.74 Å². The summed E-state index contributed by atoms with van der Waals surface area (Å²) >= 11 is 0. The highest BCUT2D eigenvalue weighted by Gasteiger charge is 2.40. The fourth-order valence-corrected chi connectivity index (χ4v) is 3.84. The number of nitrogens with one attached hydrogen (secondary N) is 1. The van der Waals surface area contributed by atoms with Crippen molar-refractivity contribution in [2.75, 3.05) is 19.8 Å². The Morgan fingerprint density at radius 3 is 2.19 bits per heavy atom. The topological polar surface area (TPSA) is 21.3 Å². The molecule has 3 saturated carbocycles. The maximum atomic E-state index is 6.13. The average Bonchev–Trinajstić information content (AvgIpc) is 3.31. The zero-order valence-electron chi connectivity index (χ0n) is 14.4. The van der Waals surface area contributed by atoms with Crippen molar-refractivity contribution in [1.82, 2.24) is 5.32 Å². The Hall–Kier alpha value is -0.0800. The number of ether oxygens (including phenoxy) is 1. The first-order valence-corrected chi connectivity index (χ1v) is 9.28. The van der Waals surface area contributed by atoms with Crippen LogP contribution in [0.15, 0.2) is 0 Å².